The molecule has 0 radical (unpaired) electrons. The van der Waals surface area contributed by atoms with Gasteiger partial charge in [-0.25, -0.2) is 0 Å². The molecule has 0 aliphatic heterocycles. The molecule has 27 heavy (non-hydrogen) atoms. The zero-order chi connectivity index (χ0) is 19.5. The second-order valence-corrected chi connectivity index (χ2v) is 6.39. The van der Waals surface area contributed by atoms with Crippen LogP contribution in [0.1, 0.15) is 13.8 Å². The van der Waals surface area contributed by atoms with Crippen LogP contribution >= 0.6 is 23.2 Å². The van der Waals surface area contributed by atoms with Gasteiger partial charge < -0.3 is 19.0 Å². The van der Waals surface area contributed by atoms with Crippen LogP contribution in [-0.4, -0.2) is 25.5 Å². The summed E-state index contributed by atoms with van der Waals surface area (Å²) in [6, 6.07) is 14.6. The molecule has 5 nitrogen and oxygen atoms in total. The summed E-state index contributed by atoms with van der Waals surface area (Å²) in [6.07, 6.45) is 1.57. The Bertz CT molecular complexity index is 755. The van der Waals surface area contributed by atoms with E-state index in [0.717, 1.165) is 11.5 Å². The van der Waals surface area contributed by atoms with Gasteiger partial charge in [-0.2, -0.15) is 0 Å². The van der Waals surface area contributed by atoms with E-state index >= 15 is 0 Å². The summed E-state index contributed by atoms with van der Waals surface area (Å²) in [5, 5.41) is 3.91. The van der Waals surface area contributed by atoms with Crippen molar-refractivity contribution in [1.29, 1.82) is 0 Å². The van der Waals surface area contributed by atoms with E-state index in [1.165, 1.54) is 0 Å². The fourth-order valence-corrected chi connectivity index (χ4v) is 2.06. The van der Waals surface area contributed by atoms with E-state index in [4.69, 9.17) is 42.3 Å². The van der Waals surface area contributed by atoms with Gasteiger partial charge in [0, 0.05) is 0 Å². The Hall–Kier alpha value is -2.37. The molecule has 0 saturated carbocycles. The number of nitrogens with zero attached hydrogens (tertiary/aromatic N) is 1. The van der Waals surface area contributed by atoms with E-state index in [1.807, 2.05) is 62.4 Å². The third-order valence-corrected chi connectivity index (χ3v) is 3.48. The number of ether oxygens (including phenoxy) is 3. The van der Waals surface area contributed by atoms with Crippen molar-refractivity contribution in [3.63, 3.8) is 0 Å². The van der Waals surface area contributed by atoms with E-state index in [-0.39, 0.29) is 4.49 Å². The van der Waals surface area contributed by atoms with Gasteiger partial charge >= 0.3 is 0 Å². The standard InChI is InChI=1S/C20H21Cl2NO4/c1-3-26-23-15(2)14-25-17-6-10-19(11-7-17)27-18-8-4-16(5-9-18)24-13-12-20(21)22/h4-12H,3,13-14H2,1-2H3. The van der Waals surface area contributed by atoms with E-state index in [2.05, 4.69) is 5.16 Å². The fourth-order valence-electron chi connectivity index (χ4n) is 1.93. The second-order valence-electron chi connectivity index (χ2n) is 5.38. The highest BCUT2D eigenvalue weighted by molar-refractivity contribution is 6.55. The Kier molecular flexibility index (Phi) is 8.81. The van der Waals surface area contributed by atoms with E-state index < -0.39 is 0 Å². The molecule has 0 saturated heterocycles. The maximum atomic E-state index is 5.80. The number of halogens is 2. The van der Waals surface area contributed by atoms with Crippen LogP contribution in [0, 0.1) is 0 Å². The normalized spacial score (nSPS) is 10.9. The lowest BCUT2D eigenvalue weighted by atomic mass is 10.3. The van der Waals surface area contributed by atoms with E-state index in [0.29, 0.717) is 37.1 Å². The average Bonchev–Trinajstić information content (AvgIpc) is 2.67. The summed E-state index contributed by atoms with van der Waals surface area (Å²) >= 11 is 11.1. The highest BCUT2D eigenvalue weighted by Gasteiger charge is 2.01. The summed E-state index contributed by atoms with van der Waals surface area (Å²) in [4.78, 5) is 4.97. The lowest BCUT2D eigenvalue weighted by Crippen LogP contribution is -2.08. The smallest absolute Gasteiger partial charge is 0.129 e. The second kappa shape index (κ2) is 11.4. The maximum absolute atomic E-state index is 5.80. The lowest BCUT2D eigenvalue weighted by Gasteiger charge is -2.09. The van der Waals surface area contributed by atoms with Crippen LogP contribution in [0.3, 0.4) is 0 Å². The quantitative estimate of drug-likeness (QED) is 0.358. The number of hydrogen-bond acceptors (Lipinski definition) is 5. The molecule has 2 aromatic rings. The maximum Gasteiger partial charge on any atom is 0.129 e. The minimum atomic E-state index is 0.180. The Morgan fingerprint density at radius 3 is 1.93 bits per heavy atom. The highest BCUT2D eigenvalue weighted by Crippen LogP contribution is 2.25. The molecular formula is C20H21Cl2NO4. The SMILES string of the molecule is CCON=C(C)COc1ccc(Oc2ccc(OCC=C(Cl)Cl)cc2)cc1. The van der Waals surface area contributed by atoms with Crippen molar-refractivity contribution in [2.24, 2.45) is 5.16 Å². The fraction of sp³-hybridized carbons (Fsp3) is 0.250. The molecule has 0 aliphatic carbocycles. The third kappa shape index (κ3) is 8.24. The zero-order valence-corrected chi connectivity index (χ0v) is 16.7. The first-order valence-electron chi connectivity index (χ1n) is 8.37. The van der Waals surface area contributed by atoms with Crippen molar-refractivity contribution >= 4 is 28.9 Å². The largest absolute Gasteiger partial charge is 0.489 e. The van der Waals surface area contributed by atoms with Crippen LogP contribution in [0.15, 0.2) is 64.3 Å². The predicted octanol–water partition coefficient (Wildman–Crippen LogP) is 5.97. The van der Waals surface area contributed by atoms with Gasteiger partial charge in [-0.1, -0.05) is 28.4 Å². The van der Waals surface area contributed by atoms with Crippen LogP contribution in [0.5, 0.6) is 23.0 Å². The molecule has 0 aliphatic rings. The van der Waals surface area contributed by atoms with Gasteiger partial charge in [-0.05, 0) is 68.5 Å². The van der Waals surface area contributed by atoms with Crippen molar-refractivity contribution in [1.82, 2.24) is 0 Å². The zero-order valence-electron chi connectivity index (χ0n) is 15.2. The first-order chi connectivity index (χ1) is 13.1. The molecule has 0 spiro atoms. The van der Waals surface area contributed by atoms with E-state index in [1.54, 1.807) is 6.08 Å². The number of oxime groups is 1. The molecule has 0 N–H and O–H groups in total. The topological polar surface area (TPSA) is 49.3 Å². The van der Waals surface area contributed by atoms with Gasteiger partial charge in [0.1, 0.15) is 47.3 Å². The molecule has 0 fully saturated rings. The molecule has 2 aromatic carbocycles. The predicted molar refractivity (Wildman–Crippen MR) is 108 cm³/mol. The monoisotopic (exact) mass is 409 g/mol. The lowest BCUT2D eigenvalue weighted by molar-refractivity contribution is 0.156. The number of hydrogen-bond donors (Lipinski definition) is 0. The highest BCUT2D eigenvalue weighted by atomic mass is 35.5. The molecule has 0 bridgehead atoms. The van der Waals surface area contributed by atoms with Gasteiger partial charge in [-0.15, -0.1) is 0 Å². The van der Waals surface area contributed by atoms with Crippen LogP contribution in [0.4, 0.5) is 0 Å². The third-order valence-electron chi connectivity index (χ3n) is 3.17. The molecule has 0 atom stereocenters. The molecule has 2 rings (SSSR count). The van der Waals surface area contributed by atoms with Gasteiger partial charge in [0.15, 0.2) is 0 Å². The Morgan fingerprint density at radius 1 is 0.889 bits per heavy atom. The summed E-state index contributed by atoms with van der Waals surface area (Å²) < 4.78 is 17.1. The van der Waals surface area contributed by atoms with Crippen LogP contribution in [-0.2, 0) is 4.84 Å². The summed E-state index contributed by atoms with van der Waals surface area (Å²) in [5.41, 5.74) is 0.767. The van der Waals surface area contributed by atoms with Crippen molar-refractivity contribution in [2.75, 3.05) is 19.8 Å². The Balaban J connectivity index is 1.84. The first kappa shape index (κ1) is 20.9. The molecular weight excluding hydrogens is 389 g/mol. The van der Waals surface area contributed by atoms with Crippen molar-refractivity contribution in [3.05, 3.63) is 59.1 Å². The molecule has 0 unspecified atom stereocenters. The Morgan fingerprint density at radius 2 is 1.41 bits per heavy atom. The van der Waals surface area contributed by atoms with Gasteiger partial charge in [0.2, 0.25) is 0 Å². The Labute approximate surface area is 169 Å². The van der Waals surface area contributed by atoms with Gasteiger partial charge in [0.05, 0.1) is 5.71 Å². The van der Waals surface area contributed by atoms with E-state index in [9.17, 15) is 0 Å². The molecule has 0 amide bonds. The molecule has 7 heteroatoms. The van der Waals surface area contributed by atoms with Crippen molar-refractivity contribution in [2.45, 2.75) is 13.8 Å². The molecule has 0 heterocycles. The molecule has 0 aromatic heterocycles. The number of benzene rings is 2. The minimum absolute atomic E-state index is 0.180. The average molecular weight is 410 g/mol. The van der Waals surface area contributed by atoms with Crippen molar-refractivity contribution in [3.8, 4) is 23.0 Å². The van der Waals surface area contributed by atoms with Crippen molar-refractivity contribution < 1.29 is 19.0 Å². The van der Waals surface area contributed by atoms with Gasteiger partial charge in [-0.3, -0.25) is 0 Å². The first-order valence-corrected chi connectivity index (χ1v) is 9.12. The summed E-state index contributed by atoms with van der Waals surface area (Å²) in [7, 11) is 0. The molecule has 144 valence electrons. The van der Waals surface area contributed by atoms with Crippen LogP contribution < -0.4 is 14.2 Å². The summed E-state index contributed by atoms with van der Waals surface area (Å²) in [6.45, 7) is 4.94. The summed E-state index contributed by atoms with van der Waals surface area (Å²) in [5.74, 6) is 2.82. The van der Waals surface area contributed by atoms with Crippen LogP contribution in [0.25, 0.3) is 0 Å². The minimum Gasteiger partial charge on any atom is -0.489 e. The number of rotatable bonds is 10. The van der Waals surface area contributed by atoms with Crippen LogP contribution in [0.2, 0.25) is 0 Å². The van der Waals surface area contributed by atoms with Gasteiger partial charge in [0.25, 0.3) is 0 Å².